The van der Waals surface area contributed by atoms with Crippen LogP contribution in [-0.4, -0.2) is 8.42 Å². The molecule has 2 aromatic rings. The molecule has 0 bridgehead atoms. The number of nitrogens with two attached hydrogens (primary N) is 1. The third-order valence-corrected chi connectivity index (χ3v) is 5.61. The summed E-state index contributed by atoms with van der Waals surface area (Å²) >= 11 is 9.51. The molecule has 21 heavy (non-hydrogen) atoms. The van der Waals surface area contributed by atoms with E-state index in [0.717, 1.165) is 6.07 Å². The van der Waals surface area contributed by atoms with Gasteiger partial charge in [-0.25, -0.2) is 12.8 Å². The van der Waals surface area contributed by atoms with Crippen LogP contribution in [0.2, 0.25) is 0 Å². The monoisotopic (exact) mass is 500 g/mol. The summed E-state index contributed by atoms with van der Waals surface area (Å²) in [5, 5.41) is 0. The number of rotatable bonds is 3. The molecule has 0 amide bonds. The van der Waals surface area contributed by atoms with E-state index in [-0.39, 0.29) is 5.69 Å². The highest BCUT2D eigenvalue weighted by atomic mass is 79.9. The van der Waals surface area contributed by atoms with Crippen molar-refractivity contribution in [2.75, 3.05) is 10.5 Å². The Balaban J connectivity index is 2.47. The maximum absolute atomic E-state index is 13.8. The van der Waals surface area contributed by atoms with Gasteiger partial charge in [0.15, 0.2) is 0 Å². The Morgan fingerprint density at radius 2 is 1.62 bits per heavy atom. The fraction of sp³-hybridized carbons (Fsp3) is 0. The van der Waals surface area contributed by atoms with E-state index in [0.29, 0.717) is 19.1 Å². The average Bonchev–Trinajstić information content (AvgIpc) is 2.33. The predicted molar refractivity (Wildman–Crippen MR) is 91.2 cm³/mol. The summed E-state index contributed by atoms with van der Waals surface area (Å²) in [4.78, 5) is -0.443. The molecule has 4 nitrogen and oxygen atoms in total. The van der Waals surface area contributed by atoms with Gasteiger partial charge in [-0.2, -0.15) is 0 Å². The van der Waals surface area contributed by atoms with Crippen molar-refractivity contribution in [2.24, 2.45) is 0 Å². The summed E-state index contributed by atoms with van der Waals surface area (Å²) in [6, 6.07) is 6.80. The molecule has 0 unspecified atom stereocenters. The largest absolute Gasteiger partial charge is 0.399 e. The molecule has 0 spiro atoms. The van der Waals surface area contributed by atoms with E-state index < -0.39 is 20.7 Å². The van der Waals surface area contributed by atoms with Gasteiger partial charge in [0, 0.05) is 19.1 Å². The maximum Gasteiger partial charge on any atom is 0.264 e. The highest BCUT2D eigenvalue weighted by molar-refractivity contribution is 9.11. The van der Waals surface area contributed by atoms with Gasteiger partial charge in [-0.05, 0) is 62.2 Å². The Labute approximate surface area is 146 Å². The van der Waals surface area contributed by atoms with E-state index in [1.54, 1.807) is 12.1 Å². The Morgan fingerprint density at radius 3 is 2.14 bits per heavy atom. The summed E-state index contributed by atoms with van der Waals surface area (Å²) < 4.78 is 42.0. The molecule has 0 fully saturated rings. The van der Waals surface area contributed by atoms with Crippen LogP contribution < -0.4 is 10.5 Å². The smallest absolute Gasteiger partial charge is 0.264 e. The van der Waals surface area contributed by atoms with Crippen LogP contribution in [0.15, 0.2) is 48.6 Å². The quantitative estimate of drug-likeness (QED) is 0.607. The normalized spacial score (nSPS) is 11.4. The van der Waals surface area contributed by atoms with E-state index in [1.165, 1.54) is 12.1 Å². The number of nitrogen functional groups attached to an aromatic ring is 1. The van der Waals surface area contributed by atoms with Gasteiger partial charge < -0.3 is 5.73 Å². The summed E-state index contributed by atoms with van der Waals surface area (Å²) in [6.07, 6.45) is 0. The first-order valence-electron chi connectivity index (χ1n) is 5.43. The highest BCUT2D eigenvalue weighted by Crippen LogP contribution is 2.35. The topological polar surface area (TPSA) is 72.2 Å². The first kappa shape index (κ1) is 16.7. The third kappa shape index (κ3) is 3.77. The minimum atomic E-state index is -4.07. The van der Waals surface area contributed by atoms with Crippen LogP contribution in [0.1, 0.15) is 0 Å². The number of hydrogen-bond acceptors (Lipinski definition) is 3. The van der Waals surface area contributed by atoms with Crippen LogP contribution in [-0.2, 0) is 10.0 Å². The second-order valence-electron chi connectivity index (χ2n) is 4.04. The number of anilines is 2. The summed E-state index contributed by atoms with van der Waals surface area (Å²) in [7, 11) is -4.07. The van der Waals surface area contributed by atoms with Crippen molar-refractivity contribution >= 4 is 69.2 Å². The van der Waals surface area contributed by atoms with Gasteiger partial charge in [0.05, 0.1) is 5.69 Å². The highest BCUT2D eigenvalue weighted by Gasteiger charge is 2.21. The zero-order valence-corrected chi connectivity index (χ0v) is 15.8. The Bertz CT molecular complexity index is 789. The third-order valence-electron chi connectivity index (χ3n) is 2.48. The summed E-state index contributed by atoms with van der Waals surface area (Å²) in [6.45, 7) is 0. The molecule has 9 heteroatoms. The Kier molecular flexibility index (Phi) is 4.96. The molecule has 0 aromatic heterocycles. The first-order chi connectivity index (χ1) is 9.70. The van der Waals surface area contributed by atoms with E-state index in [2.05, 4.69) is 52.5 Å². The van der Waals surface area contributed by atoms with E-state index >= 15 is 0 Å². The molecule has 0 aliphatic rings. The van der Waals surface area contributed by atoms with Crippen LogP contribution >= 0.6 is 47.8 Å². The van der Waals surface area contributed by atoms with Gasteiger partial charge in [-0.3, -0.25) is 4.72 Å². The second kappa shape index (κ2) is 6.23. The van der Waals surface area contributed by atoms with Crippen LogP contribution in [0.5, 0.6) is 0 Å². The molecule has 0 heterocycles. The minimum Gasteiger partial charge on any atom is -0.399 e. The van der Waals surface area contributed by atoms with Crippen molar-refractivity contribution in [3.8, 4) is 0 Å². The standard InChI is InChI=1S/C12H8Br3FN2O2S/c13-6-1-2-11(10(16)3-6)21(19,20)18-12-8(14)4-7(17)5-9(12)15/h1-5,18H,17H2. The van der Waals surface area contributed by atoms with Gasteiger partial charge in [-0.15, -0.1) is 0 Å². The number of sulfonamides is 1. The van der Waals surface area contributed by atoms with Crippen molar-refractivity contribution in [2.45, 2.75) is 4.90 Å². The van der Waals surface area contributed by atoms with Gasteiger partial charge in [0.2, 0.25) is 0 Å². The SMILES string of the molecule is Nc1cc(Br)c(NS(=O)(=O)c2ccc(Br)cc2F)c(Br)c1. The van der Waals surface area contributed by atoms with Crippen molar-refractivity contribution in [3.05, 3.63) is 49.6 Å². The molecule has 112 valence electrons. The predicted octanol–water partition coefficient (Wildman–Crippen LogP) is 4.50. The molecular weight excluding hydrogens is 495 g/mol. The average molecular weight is 503 g/mol. The molecule has 0 aliphatic heterocycles. The van der Waals surface area contributed by atoms with Crippen molar-refractivity contribution in [1.29, 1.82) is 0 Å². The molecule has 2 rings (SSSR count). The van der Waals surface area contributed by atoms with Crippen molar-refractivity contribution in [1.82, 2.24) is 0 Å². The number of halogens is 4. The fourth-order valence-corrected chi connectivity index (χ4v) is 4.75. The first-order valence-corrected chi connectivity index (χ1v) is 9.29. The van der Waals surface area contributed by atoms with Crippen LogP contribution in [0.3, 0.4) is 0 Å². The number of hydrogen-bond donors (Lipinski definition) is 2. The minimum absolute atomic E-state index is 0.242. The molecule has 0 atom stereocenters. The maximum atomic E-state index is 13.8. The lowest BCUT2D eigenvalue weighted by Gasteiger charge is -2.13. The lowest BCUT2D eigenvalue weighted by atomic mass is 10.3. The van der Waals surface area contributed by atoms with Gasteiger partial charge in [-0.1, -0.05) is 15.9 Å². The van der Waals surface area contributed by atoms with Crippen molar-refractivity contribution in [3.63, 3.8) is 0 Å². The lowest BCUT2D eigenvalue weighted by molar-refractivity contribution is 0.570. The summed E-state index contributed by atoms with van der Waals surface area (Å²) in [5.74, 6) is -0.848. The molecule has 0 aliphatic carbocycles. The Morgan fingerprint density at radius 1 is 1.05 bits per heavy atom. The molecule has 3 N–H and O–H groups in total. The molecular formula is C12H8Br3FN2O2S. The molecule has 0 saturated heterocycles. The van der Waals surface area contributed by atoms with E-state index in [9.17, 15) is 12.8 Å². The molecule has 0 radical (unpaired) electrons. The van der Waals surface area contributed by atoms with Crippen LogP contribution in [0, 0.1) is 5.82 Å². The number of benzene rings is 2. The summed E-state index contributed by atoms with van der Waals surface area (Å²) in [5.41, 5.74) is 6.33. The number of nitrogens with one attached hydrogen (secondary N) is 1. The van der Waals surface area contributed by atoms with Crippen LogP contribution in [0.4, 0.5) is 15.8 Å². The lowest BCUT2D eigenvalue weighted by Crippen LogP contribution is -2.15. The van der Waals surface area contributed by atoms with E-state index in [4.69, 9.17) is 5.73 Å². The van der Waals surface area contributed by atoms with Gasteiger partial charge >= 0.3 is 0 Å². The molecule has 2 aromatic carbocycles. The van der Waals surface area contributed by atoms with Crippen molar-refractivity contribution < 1.29 is 12.8 Å². The molecule has 0 saturated carbocycles. The zero-order chi connectivity index (χ0) is 15.8. The second-order valence-corrected chi connectivity index (χ2v) is 8.31. The Hall–Kier alpha value is -0.640. The fourth-order valence-electron chi connectivity index (χ4n) is 1.57. The van der Waals surface area contributed by atoms with Gasteiger partial charge in [0.25, 0.3) is 10.0 Å². The van der Waals surface area contributed by atoms with E-state index in [1.807, 2.05) is 0 Å². The van der Waals surface area contributed by atoms with Crippen LogP contribution in [0.25, 0.3) is 0 Å². The van der Waals surface area contributed by atoms with Gasteiger partial charge in [0.1, 0.15) is 10.7 Å². The zero-order valence-electron chi connectivity index (χ0n) is 10.2.